The van der Waals surface area contributed by atoms with Crippen LogP contribution in [0.2, 0.25) is 0 Å². The fraction of sp³-hybridized carbons (Fsp3) is 0.300. The fourth-order valence-corrected chi connectivity index (χ4v) is 1.35. The number of anilines is 2. The molecule has 2 aromatic heterocycles. The Kier molecular flexibility index (Phi) is 2.72. The number of hydrogen-bond donors (Lipinski definition) is 2. The fourth-order valence-electron chi connectivity index (χ4n) is 1.35. The van der Waals surface area contributed by atoms with E-state index in [4.69, 9.17) is 0 Å². The lowest BCUT2D eigenvalue weighted by atomic mass is 10.4. The maximum Gasteiger partial charge on any atom is 0.252 e. The van der Waals surface area contributed by atoms with Gasteiger partial charge in [-0.15, -0.1) is 0 Å². The Bertz CT molecular complexity index is 542. The van der Waals surface area contributed by atoms with Crippen LogP contribution in [0.25, 0.3) is 0 Å². The molecule has 16 heavy (non-hydrogen) atoms. The molecule has 2 N–H and O–H groups in total. The molecule has 2 aromatic rings. The third-order valence-electron chi connectivity index (χ3n) is 2.10. The topological polar surface area (TPSA) is 75.6 Å². The first-order chi connectivity index (χ1) is 7.67. The van der Waals surface area contributed by atoms with Gasteiger partial charge in [-0.05, 0) is 0 Å². The Morgan fingerprint density at radius 2 is 2.31 bits per heavy atom. The van der Waals surface area contributed by atoms with Crippen molar-refractivity contribution < 1.29 is 0 Å². The highest BCUT2D eigenvalue weighted by Gasteiger charge is 2.02. The number of aromatic nitrogens is 4. The quantitative estimate of drug-likeness (QED) is 0.801. The van der Waals surface area contributed by atoms with E-state index in [0.717, 1.165) is 0 Å². The lowest BCUT2D eigenvalue weighted by Gasteiger charge is -2.03. The van der Waals surface area contributed by atoms with Crippen LogP contribution in [-0.4, -0.2) is 19.7 Å². The molecular weight excluding hydrogens is 206 g/mol. The largest absolute Gasteiger partial charge is 0.323 e. The third kappa shape index (κ3) is 2.28. The average Bonchev–Trinajstić information content (AvgIpc) is 2.63. The van der Waals surface area contributed by atoms with Crippen LogP contribution in [0.5, 0.6) is 0 Å². The van der Waals surface area contributed by atoms with Gasteiger partial charge in [-0.2, -0.15) is 5.10 Å². The summed E-state index contributed by atoms with van der Waals surface area (Å²) in [6, 6.07) is 3.22. The molecule has 0 saturated carbocycles. The van der Waals surface area contributed by atoms with Crippen LogP contribution in [0.4, 0.5) is 11.6 Å². The van der Waals surface area contributed by atoms with Gasteiger partial charge in [-0.3, -0.25) is 9.48 Å². The molecule has 6 nitrogen and oxygen atoms in total. The van der Waals surface area contributed by atoms with Crippen molar-refractivity contribution in [3.05, 3.63) is 34.5 Å². The molecule has 0 unspecified atom stereocenters. The zero-order chi connectivity index (χ0) is 11.5. The van der Waals surface area contributed by atoms with Gasteiger partial charge in [0.05, 0.1) is 0 Å². The number of rotatable bonds is 3. The smallest absolute Gasteiger partial charge is 0.252 e. The summed E-state index contributed by atoms with van der Waals surface area (Å²) < 4.78 is 1.68. The zero-order valence-electron chi connectivity index (χ0n) is 9.19. The van der Waals surface area contributed by atoms with Gasteiger partial charge < -0.3 is 10.3 Å². The van der Waals surface area contributed by atoms with E-state index < -0.39 is 0 Å². The normalized spacial score (nSPS) is 10.4. The number of aromatic amines is 1. The summed E-state index contributed by atoms with van der Waals surface area (Å²) in [5.41, 5.74) is -0.162. The Morgan fingerprint density at radius 1 is 1.50 bits per heavy atom. The van der Waals surface area contributed by atoms with Gasteiger partial charge in [0.2, 0.25) is 0 Å². The molecule has 6 heteroatoms. The van der Waals surface area contributed by atoms with Gasteiger partial charge in [0.1, 0.15) is 11.6 Å². The Labute approximate surface area is 92.3 Å². The molecule has 0 fully saturated rings. The molecule has 0 aliphatic carbocycles. The van der Waals surface area contributed by atoms with Gasteiger partial charge >= 0.3 is 0 Å². The van der Waals surface area contributed by atoms with E-state index in [1.165, 1.54) is 6.07 Å². The standard InChI is InChI=1S/C10H13N5O/c1-3-7-11-9(6-10(16)13-7)12-8-4-5-15(2)14-8/h4-6H,3H2,1-2H3,(H2,11,12,13,14,16). The zero-order valence-corrected chi connectivity index (χ0v) is 9.19. The Morgan fingerprint density at radius 3 is 2.94 bits per heavy atom. The van der Waals surface area contributed by atoms with Crippen LogP contribution in [0, 0.1) is 0 Å². The van der Waals surface area contributed by atoms with Crippen LogP contribution in [-0.2, 0) is 13.5 Å². The van der Waals surface area contributed by atoms with Crippen LogP contribution in [0.3, 0.4) is 0 Å². The van der Waals surface area contributed by atoms with Crippen molar-refractivity contribution >= 4 is 11.6 Å². The first kappa shape index (κ1) is 10.4. The minimum atomic E-state index is -0.162. The first-order valence-electron chi connectivity index (χ1n) is 5.04. The summed E-state index contributed by atoms with van der Waals surface area (Å²) in [5, 5.41) is 7.12. The molecule has 0 spiro atoms. The minimum absolute atomic E-state index is 0.162. The highest BCUT2D eigenvalue weighted by molar-refractivity contribution is 5.50. The molecule has 0 aromatic carbocycles. The van der Waals surface area contributed by atoms with E-state index in [9.17, 15) is 4.79 Å². The number of nitrogens with one attached hydrogen (secondary N) is 2. The van der Waals surface area contributed by atoms with E-state index in [-0.39, 0.29) is 5.56 Å². The number of aryl methyl sites for hydroxylation is 2. The van der Waals surface area contributed by atoms with Crippen molar-refractivity contribution in [2.45, 2.75) is 13.3 Å². The lowest BCUT2D eigenvalue weighted by Crippen LogP contribution is -2.11. The van der Waals surface area contributed by atoms with Crippen molar-refractivity contribution in [1.29, 1.82) is 0 Å². The van der Waals surface area contributed by atoms with Crippen LogP contribution < -0.4 is 10.9 Å². The van der Waals surface area contributed by atoms with E-state index in [1.807, 2.05) is 26.2 Å². The maximum absolute atomic E-state index is 11.3. The van der Waals surface area contributed by atoms with Crippen LogP contribution >= 0.6 is 0 Å². The molecule has 0 radical (unpaired) electrons. The average molecular weight is 219 g/mol. The van der Waals surface area contributed by atoms with Crippen LogP contribution in [0.15, 0.2) is 23.1 Å². The van der Waals surface area contributed by atoms with E-state index in [1.54, 1.807) is 4.68 Å². The second-order valence-corrected chi connectivity index (χ2v) is 3.43. The van der Waals surface area contributed by atoms with E-state index in [0.29, 0.717) is 23.9 Å². The van der Waals surface area contributed by atoms with Gasteiger partial charge in [-0.25, -0.2) is 4.98 Å². The summed E-state index contributed by atoms with van der Waals surface area (Å²) in [6.45, 7) is 1.93. The molecule has 0 atom stereocenters. The predicted molar refractivity (Wildman–Crippen MR) is 60.7 cm³/mol. The van der Waals surface area contributed by atoms with E-state index in [2.05, 4.69) is 20.4 Å². The van der Waals surface area contributed by atoms with Gasteiger partial charge in [0.15, 0.2) is 5.82 Å². The van der Waals surface area contributed by atoms with Crippen molar-refractivity contribution in [3.63, 3.8) is 0 Å². The Hall–Kier alpha value is -2.11. The van der Waals surface area contributed by atoms with Crippen molar-refractivity contribution in [3.8, 4) is 0 Å². The molecule has 2 rings (SSSR count). The molecule has 0 aliphatic heterocycles. The summed E-state index contributed by atoms with van der Waals surface area (Å²) in [5.74, 6) is 1.84. The lowest BCUT2D eigenvalue weighted by molar-refractivity contribution is 0.771. The van der Waals surface area contributed by atoms with Crippen molar-refractivity contribution in [1.82, 2.24) is 19.7 Å². The molecule has 0 amide bonds. The minimum Gasteiger partial charge on any atom is -0.323 e. The highest BCUT2D eigenvalue weighted by Crippen LogP contribution is 2.09. The molecular formula is C10H13N5O. The maximum atomic E-state index is 11.3. The van der Waals surface area contributed by atoms with Crippen LogP contribution in [0.1, 0.15) is 12.7 Å². The van der Waals surface area contributed by atoms with Gasteiger partial charge in [0, 0.05) is 31.8 Å². The summed E-state index contributed by atoms with van der Waals surface area (Å²) in [7, 11) is 1.83. The van der Waals surface area contributed by atoms with Crippen molar-refractivity contribution in [2.75, 3.05) is 5.32 Å². The van der Waals surface area contributed by atoms with E-state index >= 15 is 0 Å². The number of hydrogen-bond acceptors (Lipinski definition) is 4. The van der Waals surface area contributed by atoms with Crippen molar-refractivity contribution in [2.24, 2.45) is 7.05 Å². The number of nitrogens with zero attached hydrogens (tertiary/aromatic N) is 3. The summed E-state index contributed by atoms with van der Waals surface area (Å²) in [6.07, 6.45) is 2.50. The molecule has 0 bridgehead atoms. The SMILES string of the molecule is CCc1nc(Nc2ccn(C)n2)cc(=O)[nH]1. The summed E-state index contributed by atoms with van der Waals surface area (Å²) in [4.78, 5) is 18.2. The molecule has 2 heterocycles. The first-order valence-corrected chi connectivity index (χ1v) is 5.04. The highest BCUT2D eigenvalue weighted by atomic mass is 16.1. The third-order valence-corrected chi connectivity index (χ3v) is 2.10. The Balaban J connectivity index is 2.27. The molecule has 0 saturated heterocycles. The van der Waals surface area contributed by atoms with Gasteiger partial charge in [-0.1, -0.05) is 6.92 Å². The second-order valence-electron chi connectivity index (χ2n) is 3.43. The second kappa shape index (κ2) is 4.18. The summed E-state index contributed by atoms with van der Waals surface area (Å²) >= 11 is 0. The molecule has 0 aliphatic rings. The van der Waals surface area contributed by atoms with Gasteiger partial charge in [0.25, 0.3) is 5.56 Å². The molecule has 84 valence electrons. The predicted octanol–water partition coefficient (Wildman–Crippen LogP) is 0.809. The monoisotopic (exact) mass is 219 g/mol. The number of H-pyrrole nitrogens is 1.